The molecule has 0 aliphatic carbocycles. The number of benzene rings is 1. The van der Waals surface area contributed by atoms with E-state index in [1.165, 1.54) is 18.4 Å². The predicted molar refractivity (Wildman–Crippen MR) is 78.6 cm³/mol. The van der Waals surface area contributed by atoms with Crippen LogP contribution in [0.1, 0.15) is 18.5 Å². The summed E-state index contributed by atoms with van der Waals surface area (Å²) >= 11 is 0. The maximum atomic E-state index is 11.8. The van der Waals surface area contributed by atoms with Crippen molar-refractivity contribution in [1.82, 2.24) is 4.31 Å². The van der Waals surface area contributed by atoms with Crippen molar-refractivity contribution in [2.45, 2.75) is 13.0 Å². The van der Waals surface area contributed by atoms with E-state index in [1.807, 2.05) is 6.92 Å². The molecule has 0 fully saturated rings. The second-order valence-corrected chi connectivity index (χ2v) is 6.74. The number of nitrogens with two attached hydrogens (primary N) is 1. The Morgan fingerprint density at radius 3 is 2.45 bits per heavy atom. The molecular formula is C13H22N2O4S. The second kappa shape index (κ2) is 6.92. The minimum absolute atomic E-state index is 0.155. The van der Waals surface area contributed by atoms with E-state index in [1.54, 1.807) is 25.3 Å². The van der Waals surface area contributed by atoms with Crippen LogP contribution in [0.2, 0.25) is 0 Å². The molecule has 0 saturated heterocycles. The summed E-state index contributed by atoms with van der Waals surface area (Å²) in [6, 6.07) is 4.57. The minimum Gasteiger partial charge on any atom is -0.493 e. The third-order valence-electron chi connectivity index (χ3n) is 2.86. The van der Waals surface area contributed by atoms with Crippen LogP contribution in [0.5, 0.6) is 11.5 Å². The standard InChI is InChI=1S/C13H22N2O4S/c1-5-19-13-8-10(6-7-12(13)18-4)11(14)9-20(16,17)15(2)3/h6-8,11H,5,9,14H2,1-4H3/t11-/m1/s1. The lowest BCUT2D eigenvalue weighted by Gasteiger charge is -2.18. The quantitative estimate of drug-likeness (QED) is 0.812. The molecule has 0 radical (unpaired) electrons. The molecule has 0 bridgehead atoms. The summed E-state index contributed by atoms with van der Waals surface area (Å²) in [7, 11) is 1.18. The summed E-state index contributed by atoms with van der Waals surface area (Å²) in [6.45, 7) is 2.35. The van der Waals surface area contributed by atoms with E-state index < -0.39 is 16.1 Å². The van der Waals surface area contributed by atoms with Gasteiger partial charge in [-0.3, -0.25) is 0 Å². The Morgan fingerprint density at radius 2 is 1.95 bits per heavy atom. The van der Waals surface area contributed by atoms with Gasteiger partial charge in [-0.1, -0.05) is 6.07 Å². The fourth-order valence-corrected chi connectivity index (χ4v) is 2.61. The second-order valence-electron chi connectivity index (χ2n) is 4.51. The normalized spacial score (nSPS) is 13.3. The van der Waals surface area contributed by atoms with Crippen molar-refractivity contribution in [3.05, 3.63) is 23.8 Å². The summed E-state index contributed by atoms with van der Waals surface area (Å²) in [5.41, 5.74) is 6.67. The highest BCUT2D eigenvalue weighted by molar-refractivity contribution is 7.89. The Morgan fingerprint density at radius 1 is 1.30 bits per heavy atom. The van der Waals surface area contributed by atoms with Crippen molar-refractivity contribution in [2.24, 2.45) is 5.73 Å². The van der Waals surface area contributed by atoms with Gasteiger partial charge < -0.3 is 15.2 Å². The number of ether oxygens (including phenoxy) is 2. The number of rotatable bonds is 7. The van der Waals surface area contributed by atoms with Gasteiger partial charge in [0.1, 0.15) is 0 Å². The molecule has 7 heteroatoms. The number of sulfonamides is 1. The molecule has 0 saturated carbocycles. The summed E-state index contributed by atoms with van der Waals surface area (Å²) < 4.78 is 35.5. The highest BCUT2D eigenvalue weighted by Crippen LogP contribution is 2.30. The van der Waals surface area contributed by atoms with Crippen LogP contribution >= 0.6 is 0 Å². The van der Waals surface area contributed by atoms with Crippen LogP contribution < -0.4 is 15.2 Å². The van der Waals surface area contributed by atoms with Gasteiger partial charge >= 0.3 is 0 Å². The largest absolute Gasteiger partial charge is 0.493 e. The van der Waals surface area contributed by atoms with Gasteiger partial charge in [-0.25, -0.2) is 12.7 Å². The van der Waals surface area contributed by atoms with E-state index in [4.69, 9.17) is 15.2 Å². The highest BCUT2D eigenvalue weighted by atomic mass is 32.2. The highest BCUT2D eigenvalue weighted by Gasteiger charge is 2.20. The van der Waals surface area contributed by atoms with E-state index >= 15 is 0 Å². The molecule has 1 aromatic rings. The zero-order valence-electron chi connectivity index (χ0n) is 12.3. The van der Waals surface area contributed by atoms with Crippen molar-refractivity contribution < 1.29 is 17.9 Å². The molecule has 114 valence electrons. The Hall–Kier alpha value is -1.31. The number of hydrogen-bond donors (Lipinski definition) is 1. The zero-order valence-corrected chi connectivity index (χ0v) is 13.1. The number of nitrogens with zero attached hydrogens (tertiary/aromatic N) is 1. The van der Waals surface area contributed by atoms with Crippen LogP contribution in [-0.2, 0) is 10.0 Å². The molecule has 2 N–H and O–H groups in total. The molecule has 1 rings (SSSR count). The van der Waals surface area contributed by atoms with Crippen LogP contribution in [-0.4, -0.2) is 46.3 Å². The molecule has 1 atom stereocenters. The first-order valence-electron chi connectivity index (χ1n) is 6.28. The number of hydrogen-bond acceptors (Lipinski definition) is 5. The lowest BCUT2D eigenvalue weighted by atomic mass is 10.1. The summed E-state index contributed by atoms with van der Waals surface area (Å²) in [6.07, 6.45) is 0. The first-order chi connectivity index (χ1) is 9.31. The van der Waals surface area contributed by atoms with Crippen LogP contribution in [0.3, 0.4) is 0 Å². The summed E-state index contributed by atoms with van der Waals surface area (Å²) in [5, 5.41) is 0. The third kappa shape index (κ3) is 4.09. The Bertz CT molecular complexity index is 543. The third-order valence-corrected chi connectivity index (χ3v) is 4.76. The average Bonchev–Trinajstić information content (AvgIpc) is 2.38. The Labute approximate surface area is 120 Å². The van der Waals surface area contributed by atoms with Crippen molar-refractivity contribution in [3.63, 3.8) is 0 Å². The van der Waals surface area contributed by atoms with E-state index in [-0.39, 0.29) is 5.75 Å². The first kappa shape index (κ1) is 16.7. The molecule has 0 amide bonds. The molecule has 6 nitrogen and oxygen atoms in total. The topological polar surface area (TPSA) is 81.9 Å². The van der Waals surface area contributed by atoms with Crippen molar-refractivity contribution in [1.29, 1.82) is 0 Å². The SMILES string of the molecule is CCOc1cc([C@H](N)CS(=O)(=O)N(C)C)ccc1OC. The van der Waals surface area contributed by atoms with Gasteiger partial charge in [0.25, 0.3) is 0 Å². The van der Waals surface area contributed by atoms with E-state index in [9.17, 15) is 8.42 Å². The van der Waals surface area contributed by atoms with Crippen LogP contribution in [0.15, 0.2) is 18.2 Å². The molecule has 20 heavy (non-hydrogen) atoms. The monoisotopic (exact) mass is 302 g/mol. The zero-order chi connectivity index (χ0) is 15.3. The molecule has 0 unspecified atom stereocenters. The van der Waals surface area contributed by atoms with Crippen LogP contribution in [0, 0.1) is 0 Å². The van der Waals surface area contributed by atoms with Crippen molar-refractivity contribution >= 4 is 10.0 Å². The maximum absolute atomic E-state index is 11.8. The molecule has 0 heterocycles. The Kier molecular flexibility index (Phi) is 5.79. The smallest absolute Gasteiger partial charge is 0.215 e. The number of methoxy groups -OCH3 is 1. The fraction of sp³-hybridized carbons (Fsp3) is 0.538. The first-order valence-corrected chi connectivity index (χ1v) is 7.89. The van der Waals surface area contributed by atoms with Gasteiger partial charge in [0, 0.05) is 20.1 Å². The van der Waals surface area contributed by atoms with E-state index in [0.29, 0.717) is 23.7 Å². The van der Waals surface area contributed by atoms with Gasteiger partial charge in [-0.05, 0) is 24.6 Å². The average molecular weight is 302 g/mol. The van der Waals surface area contributed by atoms with E-state index in [2.05, 4.69) is 0 Å². The fourth-order valence-electron chi connectivity index (χ4n) is 1.66. The lowest BCUT2D eigenvalue weighted by Crippen LogP contribution is -2.31. The van der Waals surface area contributed by atoms with Gasteiger partial charge in [-0.15, -0.1) is 0 Å². The van der Waals surface area contributed by atoms with Crippen molar-refractivity contribution in [3.8, 4) is 11.5 Å². The lowest BCUT2D eigenvalue weighted by molar-refractivity contribution is 0.310. The van der Waals surface area contributed by atoms with Gasteiger partial charge in [0.05, 0.1) is 19.5 Å². The molecule has 0 spiro atoms. The van der Waals surface area contributed by atoms with Crippen LogP contribution in [0.4, 0.5) is 0 Å². The van der Waals surface area contributed by atoms with Gasteiger partial charge in [0.15, 0.2) is 11.5 Å². The molecule has 0 aliphatic heterocycles. The molecule has 0 aromatic heterocycles. The Balaban J connectivity index is 2.99. The molecule has 0 aliphatic rings. The van der Waals surface area contributed by atoms with Gasteiger partial charge in [-0.2, -0.15) is 0 Å². The summed E-state index contributed by atoms with van der Waals surface area (Å²) in [5.74, 6) is 1.00. The molecular weight excluding hydrogens is 280 g/mol. The van der Waals surface area contributed by atoms with Crippen LogP contribution in [0.25, 0.3) is 0 Å². The maximum Gasteiger partial charge on any atom is 0.215 e. The summed E-state index contributed by atoms with van der Waals surface area (Å²) in [4.78, 5) is 0. The van der Waals surface area contributed by atoms with Crippen molar-refractivity contribution in [2.75, 3.05) is 33.6 Å². The minimum atomic E-state index is -3.35. The van der Waals surface area contributed by atoms with E-state index in [0.717, 1.165) is 0 Å². The predicted octanol–water partition coefficient (Wildman–Crippen LogP) is 0.985. The van der Waals surface area contributed by atoms with Gasteiger partial charge in [0.2, 0.25) is 10.0 Å². The molecule has 1 aromatic carbocycles.